The van der Waals surface area contributed by atoms with Crippen molar-refractivity contribution in [1.29, 1.82) is 0 Å². The van der Waals surface area contributed by atoms with Crippen LogP contribution in [0, 0.1) is 0 Å². The maximum Gasteiger partial charge on any atom is 0.287 e. The van der Waals surface area contributed by atoms with Gasteiger partial charge in [0.2, 0.25) is 0 Å². The van der Waals surface area contributed by atoms with Gasteiger partial charge in [0.15, 0.2) is 0 Å². The van der Waals surface area contributed by atoms with Crippen LogP contribution in [0.2, 0.25) is 5.02 Å². The van der Waals surface area contributed by atoms with Crippen LogP contribution in [0.15, 0.2) is 11.0 Å². The van der Waals surface area contributed by atoms with E-state index in [9.17, 15) is 4.79 Å². The summed E-state index contributed by atoms with van der Waals surface area (Å²) in [6, 6.07) is 0.383. The van der Waals surface area contributed by atoms with Gasteiger partial charge in [-0.3, -0.25) is 4.79 Å². The van der Waals surface area contributed by atoms with Crippen molar-refractivity contribution in [1.82, 2.24) is 14.7 Å². The largest absolute Gasteiger partial charge is 0.380 e. The molecule has 1 aliphatic heterocycles. The van der Waals surface area contributed by atoms with Crippen LogP contribution in [0.25, 0.3) is 0 Å². The molecule has 0 atom stereocenters. The number of nitrogens with zero attached hydrogens (tertiary/aromatic N) is 3. The molecule has 1 saturated heterocycles. The molecule has 2 rings (SSSR count). The molecule has 0 aromatic carbocycles. The number of likely N-dealkylation sites (tertiary alicyclic amines) is 1. The van der Waals surface area contributed by atoms with E-state index in [-0.39, 0.29) is 16.6 Å². The smallest absolute Gasteiger partial charge is 0.287 e. The quantitative estimate of drug-likeness (QED) is 0.927. The zero-order valence-electron chi connectivity index (χ0n) is 12.4. The van der Waals surface area contributed by atoms with Crippen LogP contribution < -0.4 is 10.9 Å². The van der Waals surface area contributed by atoms with Gasteiger partial charge in [-0.15, -0.1) is 0 Å². The lowest BCUT2D eigenvalue weighted by atomic mass is 10.0. The van der Waals surface area contributed by atoms with Gasteiger partial charge < -0.3 is 10.2 Å². The molecular weight excluding hydrogens is 276 g/mol. The average molecular weight is 299 g/mol. The minimum Gasteiger partial charge on any atom is -0.380 e. The predicted octanol–water partition coefficient (Wildman–Crippen LogP) is 2.37. The second-order valence-electron chi connectivity index (χ2n) is 5.57. The zero-order valence-corrected chi connectivity index (χ0v) is 13.2. The zero-order chi connectivity index (χ0) is 14.7. The van der Waals surface area contributed by atoms with Gasteiger partial charge >= 0.3 is 0 Å². The molecule has 0 saturated carbocycles. The third-order valence-corrected chi connectivity index (χ3v) is 4.19. The van der Waals surface area contributed by atoms with Gasteiger partial charge in [0.25, 0.3) is 5.56 Å². The van der Waals surface area contributed by atoms with Gasteiger partial charge in [0.1, 0.15) is 5.02 Å². The molecule has 5 nitrogen and oxygen atoms in total. The van der Waals surface area contributed by atoms with E-state index in [0.29, 0.717) is 11.7 Å². The molecule has 1 aromatic rings. The molecular formula is C14H23ClN4O. The highest BCUT2D eigenvalue weighted by molar-refractivity contribution is 6.32. The maximum absolute atomic E-state index is 12.1. The molecule has 20 heavy (non-hydrogen) atoms. The molecule has 6 heteroatoms. The Hall–Kier alpha value is -1.07. The summed E-state index contributed by atoms with van der Waals surface area (Å²) < 4.78 is 1.41. The Kier molecular flexibility index (Phi) is 5.05. The molecule has 0 radical (unpaired) electrons. The lowest BCUT2D eigenvalue weighted by Gasteiger charge is -2.32. The van der Waals surface area contributed by atoms with E-state index in [1.165, 1.54) is 4.68 Å². The fraction of sp³-hybridized carbons (Fsp3) is 0.714. The fourth-order valence-electron chi connectivity index (χ4n) is 2.53. The molecule has 0 unspecified atom stereocenters. The van der Waals surface area contributed by atoms with Crippen molar-refractivity contribution < 1.29 is 0 Å². The Labute approximate surface area is 124 Å². The van der Waals surface area contributed by atoms with Crippen molar-refractivity contribution >= 4 is 17.3 Å². The Bertz CT molecular complexity index is 506. The number of rotatable bonds is 4. The van der Waals surface area contributed by atoms with Gasteiger partial charge in [-0.25, -0.2) is 4.68 Å². The second-order valence-corrected chi connectivity index (χ2v) is 5.95. The van der Waals surface area contributed by atoms with Crippen LogP contribution in [0.1, 0.15) is 39.7 Å². The summed E-state index contributed by atoms with van der Waals surface area (Å²) in [7, 11) is 0. The number of anilines is 1. The third-order valence-electron chi connectivity index (χ3n) is 3.83. The van der Waals surface area contributed by atoms with Crippen molar-refractivity contribution in [3.63, 3.8) is 0 Å². The minimum atomic E-state index is -0.224. The molecule has 1 fully saturated rings. The minimum absolute atomic E-state index is 0.0156. The first kappa shape index (κ1) is 15.3. The molecule has 1 aliphatic rings. The standard InChI is InChI=1S/C14H23ClN4O/c1-4-18-7-5-11(6-8-18)17-12-9-16-19(10(2)3)14(20)13(12)15/h9-11,17H,4-8H2,1-3H3. The van der Waals surface area contributed by atoms with Crippen molar-refractivity contribution in [3.05, 3.63) is 21.6 Å². The molecule has 0 amide bonds. The van der Waals surface area contributed by atoms with E-state index in [1.54, 1.807) is 6.20 Å². The van der Waals surface area contributed by atoms with Crippen LogP contribution in [0.5, 0.6) is 0 Å². The number of aromatic nitrogens is 2. The van der Waals surface area contributed by atoms with Crippen LogP contribution in [-0.4, -0.2) is 40.4 Å². The summed E-state index contributed by atoms with van der Waals surface area (Å²) in [6.45, 7) is 9.28. The van der Waals surface area contributed by atoms with E-state index >= 15 is 0 Å². The van der Waals surface area contributed by atoms with E-state index in [2.05, 4.69) is 22.2 Å². The predicted molar refractivity (Wildman–Crippen MR) is 82.7 cm³/mol. The Morgan fingerprint density at radius 3 is 2.65 bits per heavy atom. The Balaban J connectivity index is 2.07. The summed E-state index contributed by atoms with van der Waals surface area (Å²) in [5, 5.41) is 7.79. The van der Waals surface area contributed by atoms with Gasteiger partial charge in [-0.1, -0.05) is 18.5 Å². The monoisotopic (exact) mass is 298 g/mol. The molecule has 1 N–H and O–H groups in total. The Morgan fingerprint density at radius 2 is 2.10 bits per heavy atom. The maximum atomic E-state index is 12.1. The van der Waals surface area contributed by atoms with Crippen molar-refractivity contribution in [2.24, 2.45) is 0 Å². The molecule has 2 heterocycles. The summed E-state index contributed by atoms with van der Waals surface area (Å²) in [4.78, 5) is 14.5. The number of hydrogen-bond acceptors (Lipinski definition) is 4. The van der Waals surface area contributed by atoms with Crippen molar-refractivity contribution in [2.75, 3.05) is 25.0 Å². The lowest BCUT2D eigenvalue weighted by molar-refractivity contribution is 0.229. The van der Waals surface area contributed by atoms with Crippen LogP contribution in [0.3, 0.4) is 0 Å². The van der Waals surface area contributed by atoms with Gasteiger partial charge in [-0.05, 0) is 33.2 Å². The molecule has 1 aromatic heterocycles. The number of piperidine rings is 1. The van der Waals surface area contributed by atoms with E-state index in [4.69, 9.17) is 11.6 Å². The molecule has 0 spiro atoms. The Morgan fingerprint density at radius 1 is 1.45 bits per heavy atom. The van der Waals surface area contributed by atoms with E-state index in [0.717, 1.165) is 32.5 Å². The van der Waals surface area contributed by atoms with Crippen LogP contribution in [-0.2, 0) is 0 Å². The summed E-state index contributed by atoms with van der Waals surface area (Å²) >= 11 is 6.17. The fourth-order valence-corrected chi connectivity index (χ4v) is 2.72. The number of nitrogens with one attached hydrogen (secondary N) is 1. The first-order valence-electron chi connectivity index (χ1n) is 7.29. The third kappa shape index (κ3) is 3.33. The highest BCUT2D eigenvalue weighted by Crippen LogP contribution is 2.21. The lowest BCUT2D eigenvalue weighted by Crippen LogP contribution is -2.39. The van der Waals surface area contributed by atoms with Crippen LogP contribution in [0.4, 0.5) is 5.69 Å². The van der Waals surface area contributed by atoms with E-state index < -0.39 is 0 Å². The SMILES string of the molecule is CCN1CCC(Nc2cnn(C(C)C)c(=O)c2Cl)CC1. The van der Waals surface area contributed by atoms with Crippen molar-refractivity contribution in [2.45, 2.75) is 45.7 Å². The van der Waals surface area contributed by atoms with Crippen molar-refractivity contribution in [3.8, 4) is 0 Å². The summed E-state index contributed by atoms with van der Waals surface area (Å²) in [6.07, 6.45) is 3.80. The first-order valence-corrected chi connectivity index (χ1v) is 7.67. The second kappa shape index (κ2) is 6.59. The average Bonchev–Trinajstić information content (AvgIpc) is 2.44. The van der Waals surface area contributed by atoms with Crippen LogP contribution >= 0.6 is 11.6 Å². The van der Waals surface area contributed by atoms with E-state index in [1.807, 2.05) is 13.8 Å². The highest BCUT2D eigenvalue weighted by Gasteiger charge is 2.20. The topological polar surface area (TPSA) is 50.2 Å². The number of halogens is 1. The molecule has 112 valence electrons. The summed E-state index contributed by atoms with van der Waals surface area (Å²) in [5.41, 5.74) is 0.432. The molecule has 0 bridgehead atoms. The number of hydrogen-bond donors (Lipinski definition) is 1. The first-order chi connectivity index (χ1) is 9.52. The summed E-state index contributed by atoms with van der Waals surface area (Å²) in [5.74, 6) is 0. The highest BCUT2D eigenvalue weighted by atomic mass is 35.5. The van der Waals surface area contributed by atoms with Gasteiger partial charge in [-0.2, -0.15) is 5.10 Å². The normalized spacial score (nSPS) is 17.6. The molecule has 0 aliphatic carbocycles. The van der Waals surface area contributed by atoms with Gasteiger partial charge in [0.05, 0.1) is 17.9 Å². The van der Waals surface area contributed by atoms with Gasteiger partial charge in [0, 0.05) is 19.1 Å².